The third kappa shape index (κ3) is 6.53. The fourth-order valence-electron chi connectivity index (χ4n) is 2.36. The van der Waals surface area contributed by atoms with Gasteiger partial charge in [-0.25, -0.2) is 0 Å². The summed E-state index contributed by atoms with van der Waals surface area (Å²) in [6.07, 6.45) is 7.20. The summed E-state index contributed by atoms with van der Waals surface area (Å²) in [4.78, 5) is 0. The summed E-state index contributed by atoms with van der Waals surface area (Å²) in [6, 6.07) is 14.5. The first-order valence-electron chi connectivity index (χ1n) is 8.55. The Morgan fingerprint density at radius 3 is 2.08 bits per heavy atom. The molecule has 0 aromatic heterocycles. The van der Waals surface area contributed by atoms with Crippen molar-refractivity contribution in [3.63, 3.8) is 0 Å². The monoisotopic (exact) mass is 450 g/mol. The molecule has 0 aliphatic carbocycles. The summed E-state index contributed by atoms with van der Waals surface area (Å²) < 4.78 is 27.2. The minimum atomic E-state index is -1.69. The standard InChI is InChI=1S/C8H17.C6H4Cl.C6H4.2Co.2O/c1-3-5-7-8-6-4-2;7-6-4-2-1-3-5-6;1-2-4-6-5-3-1;;;;/h1,3-8H2,2H3;1-4H;1-2,5-6H;;;;. The van der Waals surface area contributed by atoms with E-state index in [0.29, 0.717) is 14.0 Å². The van der Waals surface area contributed by atoms with Gasteiger partial charge in [-0.2, -0.15) is 0 Å². The molecule has 0 aliphatic heterocycles. The van der Waals surface area contributed by atoms with E-state index in [2.05, 4.69) is 6.92 Å². The van der Waals surface area contributed by atoms with Crippen LogP contribution in [0, 0.1) is 0 Å². The van der Waals surface area contributed by atoms with E-state index in [-0.39, 0.29) is 0 Å². The molecule has 0 fully saturated rings. The molecule has 2 aromatic rings. The van der Waals surface area contributed by atoms with Gasteiger partial charge in [0.1, 0.15) is 0 Å². The van der Waals surface area contributed by atoms with Gasteiger partial charge < -0.3 is 0 Å². The number of hydrogen-bond acceptors (Lipinski definition) is 2. The topological polar surface area (TPSA) is 34.1 Å². The Kier molecular flexibility index (Phi) is 9.20. The van der Waals surface area contributed by atoms with Crippen LogP contribution in [0.15, 0.2) is 48.5 Å². The molecule has 0 bridgehead atoms. The summed E-state index contributed by atoms with van der Waals surface area (Å²) in [5.41, 5.74) is 0. The van der Waals surface area contributed by atoms with E-state index in [4.69, 9.17) is 11.6 Å². The summed E-state index contributed by atoms with van der Waals surface area (Å²) in [6.45, 7) is 2.21. The second-order valence-electron chi connectivity index (χ2n) is 5.71. The Morgan fingerprint density at radius 2 is 1.40 bits per heavy atom. The van der Waals surface area contributed by atoms with Crippen LogP contribution in [0.5, 0.6) is 0 Å². The molecular weight excluding hydrogens is 426 g/mol. The fourth-order valence-corrected chi connectivity index (χ4v) is 5.57. The molecule has 5 heteroatoms. The number of unbranched alkanes of at least 4 members (excludes halogenated alkanes) is 5. The molecule has 0 atom stereocenters. The van der Waals surface area contributed by atoms with Crippen molar-refractivity contribution in [2.75, 3.05) is 0 Å². The molecular formula is C20H25ClCo2O2. The first-order valence-corrected chi connectivity index (χ1v) is 12.1. The van der Waals surface area contributed by atoms with Crippen LogP contribution >= 0.6 is 11.6 Å². The zero-order valence-corrected chi connectivity index (χ0v) is 17.3. The number of rotatable bonds is 10. The van der Waals surface area contributed by atoms with E-state index in [1.54, 1.807) is 12.1 Å². The van der Waals surface area contributed by atoms with Gasteiger partial charge in [0.15, 0.2) is 0 Å². The van der Waals surface area contributed by atoms with Crippen LogP contribution in [0.4, 0.5) is 0 Å². The van der Waals surface area contributed by atoms with E-state index in [1.807, 2.05) is 36.4 Å². The molecule has 0 amide bonds. The zero-order valence-electron chi connectivity index (χ0n) is 14.4. The maximum atomic E-state index is 12.6. The molecule has 25 heavy (non-hydrogen) atoms. The van der Waals surface area contributed by atoms with E-state index in [1.165, 1.54) is 25.7 Å². The van der Waals surface area contributed by atoms with Crippen LogP contribution < -0.4 is 13.5 Å². The van der Waals surface area contributed by atoms with Crippen molar-refractivity contribution >= 4 is 25.1 Å². The molecule has 0 spiro atoms. The van der Waals surface area contributed by atoms with Gasteiger partial charge in [0.2, 0.25) is 0 Å². The number of benzene rings is 2. The van der Waals surface area contributed by atoms with E-state index in [0.717, 1.165) is 22.7 Å². The second kappa shape index (κ2) is 11.1. The quantitative estimate of drug-likeness (QED) is 0.495. The predicted octanol–water partition coefficient (Wildman–Crippen LogP) is 4.62. The van der Waals surface area contributed by atoms with Gasteiger partial charge >= 0.3 is 164 Å². The molecule has 0 radical (unpaired) electrons. The summed E-state index contributed by atoms with van der Waals surface area (Å²) >= 11 is 3.09. The van der Waals surface area contributed by atoms with Gasteiger partial charge in [0, 0.05) is 0 Å². The molecule has 0 N–H and O–H groups in total. The Bertz CT molecular complexity index is 714. The molecule has 0 saturated heterocycles. The fraction of sp³-hybridized carbons (Fsp3) is 0.400. The van der Waals surface area contributed by atoms with Crippen molar-refractivity contribution in [1.29, 1.82) is 0 Å². The maximum absolute atomic E-state index is 12.6. The molecule has 0 unspecified atom stereocenters. The van der Waals surface area contributed by atoms with Gasteiger partial charge in [0.25, 0.3) is 0 Å². The van der Waals surface area contributed by atoms with Gasteiger partial charge in [-0.1, -0.05) is 0 Å². The molecule has 2 aromatic carbocycles. The number of hydrogen-bond donors (Lipinski definition) is 0. The summed E-state index contributed by atoms with van der Waals surface area (Å²) in [7, 11) is 0. The van der Waals surface area contributed by atoms with E-state index < -0.39 is 27.2 Å². The predicted molar refractivity (Wildman–Crippen MR) is 96.4 cm³/mol. The first-order chi connectivity index (χ1) is 12.1. The molecule has 0 heterocycles. The Hall–Kier alpha value is -0.657. The Labute approximate surface area is 163 Å². The van der Waals surface area contributed by atoms with Crippen LogP contribution in [0.25, 0.3) is 0 Å². The van der Waals surface area contributed by atoms with Gasteiger partial charge in [0.05, 0.1) is 0 Å². The minimum absolute atomic E-state index is 0.514. The van der Waals surface area contributed by atoms with E-state index in [9.17, 15) is 7.73 Å². The second-order valence-corrected chi connectivity index (χ2v) is 9.97. The van der Waals surface area contributed by atoms with Crippen LogP contribution in [0.3, 0.4) is 0 Å². The van der Waals surface area contributed by atoms with E-state index >= 15 is 0 Å². The summed E-state index contributed by atoms with van der Waals surface area (Å²) in [5, 5.41) is 1.25. The van der Waals surface area contributed by atoms with Crippen molar-refractivity contribution in [1.82, 2.24) is 0 Å². The van der Waals surface area contributed by atoms with Crippen molar-refractivity contribution in [3.05, 3.63) is 53.6 Å². The molecule has 0 saturated carbocycles. The van der Waals surface area contributed by atoms with Crippen LogP contribution in [0.1, 0.15) is 45.4 Å². The van der Waals surface area contributed by atoms with Crippen molar-refractivity contribution in [3.8, 4) is 0 Å². The molecule has 2 nitrogen and oxygen atoms in total. The van der Waals surface area contributed by atoms with Gasteiger partial charge in [-0.3, -0.25) is 0 Å². The first kappa shape index (κ1) is 20.7. The average molecular weight is 451 g/mol. The van der Waals surface area contributed by atoms with Crippen LogP contribution in [-0.4, -0.2) is 0 Å². The molecule has 2 rings (SSSR count). The van der Waals surface area contributed by atoms with Gasteiger partial charge in [-0.05, 0) is 0 Å². The van der Waals surface area contributed by atoms with Gasteiger partial charge in [-0.15, -0.1) is 0 Å². The molecule has 0 aliphatic rings. The van der Waals surface area contributed by atoms with Crippen molar-refractivity contribution < 1.29 is 34.9 Å². The van der Waals surface area contributed by atoms with Crippen LogP contribution in [-0.2, 0) is 34.9 Å². The molecule has 142 valence electrons. The van der Waals surface area contributed by atoms with Crippen LogP contribution in [0.2, 0.25) is 10.4 Å². The Morgan fingerprint density at radius 1 is 0.800 bits per heavy atom. The van der Waals surface area contributed by atoms with Crippen molar-refractivity contribution in [2.45, 2.75) is 50.8 Å². The zero-order chi connectivity index (χ0) is 18.1. The third-order valence-corrected chi connectivity index (χ3v) is 7.93. The average Bonchev–Trinajstić information content (AvgIpc) is 2.64. The number of halogens is 1. The van der Waals surface area contributed by atoms with Crippen molar-refractivity contribution in [2.24, 2.45) is 0 Å². The Balaban J connectivity index is 1.90. The summed E-state index contributed by atoms with van der Waals surface area (Å²) in [5.74, 6) is 0. The SMILES string of the molecule is CCCCCCC[CH2][Co](=[O])[c]1cc[c]([Co](=[O])[c]2ccccc2Cl)cc1. The normalized spacial score (nSPS) is 12.1. The third-order valence-electron chi connectivity index (χ3n) is 3.76.